The van der Waals surface area contributed by atoms with Crippen molar-refractivity contribution in [1.82, 2.24) is 19.7 Å². The van der Waals surface area contributed by atoms with Gasteiger partial charge < -0.3 is 15.4 Å². The summed E-state index contributed by atoms with van der Waals surface area (Å²) in [5.41, 5.74) is 1.69. The highest BCUT2D eigenvalue weighted by Crippen LogP contribution is 2.26. The molecule has 24 heavy (non-hydrogen) atoms. The second-order valence-corrected chi connectivity index (χ2v) is 5.54. The topological polar surface area (TPSA) is 76.9 Å². The fraction of sp³-hybridized carbons (Fsp3) is 0.353. The molecule has 3 rings (SSSR count). The number of aromatic nitrogens is 4. The average molecular weight is 326 g/mol. The second-order valence-electron chi connectivity index (χ2n) is 5.54. The van der Waals surface area contributed by atoms with Crippen LogP contribution in [0.15, 0.2) is 30.5 Å². The number of unbranched alkanes of at least 4 members (excludes halogenated alkanes) is 1. The van der Waals surface area contributed by atoms with Crippen LogP contribution in [0, 0.1) is 0 Å². The number of anilines is 3. The Balaban J connectivity index is 1.95. The second kappa shape index (κ2) is 7.16. The summed E-state index contributed by atoms with van der Waals surface area (Å²) in [6, 6.07) is 7.73. The Morgan fingerprint density at radius 1 is 1.25 bits per heavy atom. The molecule has 3 aromatic rings. The van der Waals surface area contributed by atoms with Gasteiger partial charge in [0.15, 0.2) is 5.65 Å². The molecule has 7 nitrogen and oxygen atoms in total. The number of nitrogens with one attached hydrogen (secondary N) is 2. The minimum absolute atomic E-state index is 0.602. The summed E-state index contributed by atoms with van der Waals surface area (Å²) in [6.45, 7) is 3.00. The van der Waals surface area contributed by atoms with E-state index >= 15 is 0 Å². The Kier molecular flexibility index (Phi) is 4.79. The zero-order valence-electron chi connectivity index (χ0n) is 14.2. The highest BCUT2D eigenvalue weighted by Gasteiger charge is 2.12. The number of ether oxygens (including phenoxy) is 1. The van der Waals surface area contributed by atoms with E-state index in [0.29, 0.717) is 5.95 Å². The maximum absolute atomic E-state index is 5.27. The molecule has 1 aromatic carbocycles. The van der Waals surface area contributed by atoms with E-state index in [-0.39, 0.29) is 0 Å². The third-order valence-corrected chi connectivity index (χ3v) is 3.74. The van der Waals surface area contributed by atoms with Gasteiger partial charge in [-0.25, -0.2) is 0 Å². The quantitative estimate of drug-likeness (QED) is 0.649. The molecular formula is C17H22N6O. The summed E-state index contributed by atoms with van der Waals surface area (Å²) < 4.78 is 7.02. The van der Waals surface area contributed by atoms with Gasteiger partial charge in [-0.15, -0.1) is 0 Å². The van der Waals surface area contributed by atoms with Crippen LogP contribution in [-0.2, 0) is 7.05 Å². The maximum atomic E-state index is 5.27. The first-order valence-electron chi connectivity index (χ1n) is 8.06. The van der Waals surface area contributed by atoms with E-state index in [1.165, 1.54) is 0 Å². The smallest absolute Gasteiger partial charge is 0.226 e. The lowest BCUT2D eigenvalue weighted by Crippen LogP contribution is -2.08. The Morgan fingerprint density at radius 3 is 2.92 bits per heavy atom. The van der Waals surface area contributed by atoms with E-state index in [0.717, 1.165) is 47.7 Å². The summed E-state index contributed by atoms with van der Waals surface area (Å²) >= 11 is 0. The van der Waals surface area contributed by atoms with Gasteiger partial charge in [-0.3, -0.25) is 4.68 Å². The molecule has 2 aromatic heterocycles. The van der Waals surface area contributed by atoms with Crippen LogP contribution in [0.5, 0.6) is 5.75 Å². The van der Waals surface area contributed by atoms with Gasteiger partial charge in [0, 0.05) is 25.3 Å². The molecule has 2 heterocycles. The number of benzene rings is 1. The minimum Gasteiger partial charge on any atom is -0.497 e. The molecule has 0 fully saturated rings. The van der Waals surface area contributed by atoms with Crippen molar-refractivity contribution in [2.24, 2.45) is 7.05 Å². The third-order valence-electron chi connectivity index (χ3n) is 3.74. The maximum Gasteiger partial charge on any atom is 0.226 e. The van der Waals surface area contributed by atoms with Crippen LogP contribution in [0.3, 0.4) is 0 Å². The molecule has 0 unspecified atom stereocenters. The monoisotopic (exact) mass is 326 g/mol. The van der Waals surface area contributed by atoms with Crippen LogP contribution < -0.4 is 15.4 Å². The van der Waals surface area contributed by atoms with Crippen LogP contribution in [0.1, 0.15) is 19.8 Å². The van der Waals surface area contributed by atoms with E-state index in [1.807, 2.05) is 31.3 Å². The number of nitrogens with zero attached hydrogens (tertiary/aromatic N) is 4. The van der Waals surface area contributed by atoms with Crippen LogP contribution >= 0.6 is 0 Å². The lowest BCUT2D eigenvalue weighted by molar-refractivity contribution is 0.415. The number of rotatable bonds is 7. The van der Waals surface area contributed by atoms with Gasteiger partial charge in [-0.2, -0.15) is 15.1 Å². The van der Waals surface area contributed by atoms with E-state index in [9.17, 15) is 0 Å². The molecule has 126 valence electrons. The van der Waals surface area contributed by atoms with Gasteiger partial charge in [0.05, 0.1) is 18.7 Å². The molecule has 0 saturated heterocycles. The third kappa shape index (κ3) is 3.40. The first-order valence-corrected chi connectivity index (χ1v) is 8.06. The number of hydrogen-bond acceptors (Lipinski definition) is 6. The first-order chi connectivity index (χ1) is 11.7. The van der Waals surface area contributed by atoms with E-state index in [4.69, 9.17) is 4.74 Å². The summed E-state index contributed by atoms with van der Waals surface area (Å²) in [6.07, 6.45) is 3.97. The molecule has 0 atom stereocenters. The molecule has 0 radical (unpaired) electrons. The van der Waals surface area contributed by atoms with Crippen molar-refractivity contribution in [2.75, 3.05) is 24.3 Å². The predicted molar refractivity (Wildman–Crippen MR) is 96.0 cm³/mol. The van der Waals surface area contributed by atoms with Crippen LogP contribution in [-0.4, -0.2) is 33.4 Å². The van der Waals surface area contributed by atoms with Crippen molar-refractivity contribution in [1.29, 1.82) is 0 Å². The zero-order chi connectivity index (χ0) is 16.9. The molecular weight excluding hydrogens is 304 g/mol. The van der Waals surface area contributed by atoms with Crippen molar-refractivity contribution in [2.45, 2.75) is 19.8 Å². The fourth-order valence-corrected chi connectivity index (χ4v) is 2.41. The predicted octanol–water partition coefficient (Wildman–Crippen LogP) is 3.33. The van der Waals surface area contributed by atoms with E-state index < -0.39 is 0 Å². The fourth-order valence-electron chi connectivity index (χ4n) is 2.41. The van der Waals surface area contributed by atoms with E-state index in [2.05, 4.69) is 32.6 Å². The highest BCUT2D eigenvalue weighted by molar-refractivity contribution is 5.89. The number of fused-ring (bicyclic) bond motifs is 1. The zero-order valence-corrected chi connectivity index (χ0v) is 14.2. The molecule has 0 aliphatic carbocycles. The van der Waals surface area contributed by atoms with Gasteiger partial charge >= 0.3 is 0 Å². The summed E-state index contributed by atoms with van der Waals surface area (Å²) in [4.78, 5) is 9.17. The molecule has 0 aliphatic rings. The van der Waals surface area contributed by atoms with E-state index in [1.54, 1.807) is 18.0 Å². The molecule has 0 spiro atoms. The van der Waals surface area contributed by atoms with Gasteiger partial charge in [0.25, 0.3) is 0 Å². The Morgan fingerprint density at radius 2 is 2.12 bits per heavy atom. The van der Waals surface area contributed by atoms with Crippen LogP contribution in [0.4, 0.5) is 17.5 Å². The largest absolute Gasteiger partial charge is 0.497 e. The summed E-state index contributed by atoms with van der Waals surface area (Å²) in [5, 5.41) is 11.8. The SMILES string of the molecule is CCCCNc1nc(Nc2cccc(OC)c2)c2cnn(C)c2n1. The van der Waals surface area contributed by atoms with Crippen molar-refractivity contribution < 1.29 is 4.74 Å². The summed E-state index contributed by atoms with van der Waals surface area (Å²) in [7, 11) is 3.53. The highest BCUT2D eigenvalue weighted by atomic mass is 16.5. The van der Waals surface area contributed by atoms with Crippen molar-refractivity contribution >= 4 is 28.5 Å². The standard InChI is InChI=1S/C17H22N6O/c1-4-5-9-18-17-21-15(14-11-19-23(2)16(14)22-17)20-12-7-6-8-13(10-12)24-3/h6-8,10-11H,4-5,9H2,1-3H3,(H2,18,20,21,22). The normalized spacial score (nSPS) is 10.8. The Labute approximate surface area is 141 Å². The average Bonchev–Trinajstić information content (AvgIpc) is 2.97. The van der Waals surface area contributed by atoms with Gasteiger partial charge in [0.2, 0.25) is 5.95 Å². The molecule has 2 N–H and O–H groups in total. The lowest BCUT2D eigenvalue weighted by Gasteiger charge is -2.11. The molecule has 0 saturated carbocycles. The van der Waals surface area contributed by atoms with Crippen LogP contribution in [0.2, 0.25) is 0 Å². The van der Waals surface area contributed by atoms with Crippen molar-refractivity contribution in [3.8, 4) is 5.75 Å². The van der Waals surface area contributed by atoms with Gasteiger partial charge in [-0.1, -0.05) is 19.4 Å². The molecule has 0 bridgehead atoms. The Bertz CT molecular complexity index is 829. The van der Waals surface area contributed by atoms with Gasteiger partial charge in [0.1, 0.15) is 11.6 Å². The minimum atomic E-state index is 0.602. The Hall–Kier alpha value is -2.83. The number of hydrogen-bond donors (Lipinski definition) is 2. The molecule has 0 amide bonds. The number of methoxy groups -OCH3 is 1. The lowest BCUT2D eigenvalue weighted by atomic mass is 10.3. The van der Waals surface area contributed by atoms with Crippen LogP contribution in [0.25, 0.3) is 11.0 Å². The van der Waals surface area contributed by atoms with Gasteiger partial charge in [-0.05, 0) is 18.6 Å². The molecule has 7 heteroatoms. The van der Waals surface area contributed by atoms with Crippen molar-refractivity contribution in [3.05, 3.63) is 30.5 Å². The number of aryl methyl sites for hydroxylation is 1. The first kappa shape index (κ1) is 16.0. The molecule has 0 aliphatic heterocycles. The summed E-state index contributed by atoms with van der Waals surface area (Å²) in [5.74, 6) is 2.11. The van der Waals surface area contributed by atoms with Crippen molar-refractivity contribution in [3.63, 3.8) is 0 Å².